The van der Waals surface area contributed by atoms with Gasteiger partial charge in [0.1, 0.15) is 29.8 Å². The van der Waals surface area contributed by atoms with Crippen LogP contribution in [0.4, 0.5) is 0 Å². The predicted molar refractivity (Wildman–Crippen MR) is 115 cm³/mol. The number of carbonyl (C=O) groups is 1. The molecular weight excluding hydrogens is 392 g/mol. The number of benzene rings is 2. The van der Waals surface area contributed by atoms with Crippen LogP contribution in [0.3, 0.4) is 0 Å². The van der Waals surface area contributed by atoms with Gasteiger partial charge in [-0.3, -0.25) is 10.2 Å². The molecule has 0 spiro atoms. The fraction of sp³-hybridized carbons (Fsp3) is 0.320. The van der Waals surface area contributed by atoms with E-state index in [2.05, 4.69) is 6.07 Å². The van der Waals surface area contributed by atoms with Gasteiger partial charge in [-0.05, 0) is 43.2 Å². The van der Waals surface area contributed by atoms with Gasteiger partial charge in [0.15, 0.2) is 5.78 Å². The molecule has 0 amide bonds. The second-order valence-corrected chi connectivity index (χ2v) is 7.84. The Morgan fingerprint density at radius 3 is 2.68 bits per heavy atom. The molecule has 2 aliphatic rings. The molecule has 0 saturated carbocycles. The Hall–Kier alpha value is -3.59. The van der Waals surface area contributed by atoms with Gasteiger partial charge in [-0.2, -0.15) is 5.26 Å². The van der Waals surface area contributed by atoms with Gasteiger partial charge in [0.05, 0.1) is 13.2 Å². The van der Waals surface area contributed by atoms with Crippen molar-refractivity contribution in [3.8, 4) is 17.6 Å². The Kier molecular flexibility index (Phi) is 5.77. The minimum atomic E-state index is -0.847. The normalized spacial score (nSPS) is 20.5. The Balaban J connectivity index is 1.71. The highest BCUT2D eigenvalue weighted by Gasteiger charge is 2.42. The highest BCUT2D eigenvalue weighted by molar-refractivity contribution is 6.01. The summed E-state index contributed by atoms with van der Waals surface area (Å²) < 4.78 is 17.0. The lowest BCUT2D eigenvalue weighted by Crippen LogP contribution is -2.34. The van der Waals surface area contributed by atoms with Gasteiger partial charge < -0.3 is 14.2 Å². The molecule has 2 atom stereocenters. The number of Topliss-reactive ketones (excluding diaryl/α,β-unsaturated/α-hetero) is 1. The van der Waals surface area contributed by atoms with Crippen molar-refractivity contribution in [3.63, 3.8) is 0 Å². The molecule has 2 unspecified atom stereocenters. The molecule has 0 bridgehead atoms. The topological polar surface area (TPSA) is 92.4 Å². The number of nitrogens with one attached hydrogen (secondary N) is 1. The first-order chi connectivity index (χ1) is 15.0. The Labute approximate surface area is 181 Å². The van der Waals surface area contributed by atoms with E-state index >= 15 is 0 Å². The molecule has 4 rings (SSSR count). The van der Waals surface area contributed by atoms with Crippen molar-refractivity contribution in [2.45, 2.75) is 38.7 Å². The molecule has 0 fully saturated rings. The van der Waals surface area contributed by atoms with Crippen LogP contribution in [-0.4, -0.2) is 18.8 Å². The summed E-state index contributed by atoms with van der Waals surface area (Å²) in [5, 5.41) is 18.0. The van der Waals surface area contributed by atoms with Gasteiger partial charge in [0.25, 0.3) is 0 Å². The van der Waals surface area contributed by atoms with Crippen molar-refractivity contribution in [2.24, 2.45) is 5.92 Å². The summed E-state index contributed by atoms with van der Waals surface area (Å²) in [6.07, 6.45) is 1.74. The van der Waals surface area contributed by atoms with Gasteiger partial charge in [0.2, 0.25) is 5.90 Å². The zero-order valence-electron chi connectivity index (χ0n) is 17.6. The monoisotopic (exact) mass is 416 g/mol. The highest BCUT2D eigenvalue weighted by Crippen LogP contribution is 2.44. The summed E-state index contributed by atoms with van der Waals surface area (Å²) in [6, 6.07) is 15.5. The maximum atomic E-state index is 12.8. The van der Waals surface area contributed by atoms with Gasteiger partial charge in [-0.25, -0.2) is 0 Å². The van der Waals surface area contributed by atoms with Crippen LogP contribution < -0.4 is 9.47 Å². The molecule has 2 aromatic rings. The summed E-state index contributed by atoms with van der Waals surface area (Å²) >= 11 is 0. The molecule has 158 valence electrons. The molecule has 1 aliphatic carbocycles. The van der Waals surface area contributed by atoms with E-state index in [0.29, 0.717) is 36.3 Å². The van der Waals surface area contributed by atoms with E-state index in [1.54, 1.807) is 7.11 Å². The average molecular weight is 416 g/mol. The van der Waals surface area contributed by atoms with E-state index in [1.807, 2.05) is 49.4 Å². The van der Waals surface area contributed by atoms with Crippen molar-refractivity contribution >= 4 is 11.7 Å². The lowest BCUT2D eigenvalue weighted by molar-refractivity contribution is -0.116. The van der Waals surface area contributed by atoms with Crippen LogP contribution in [0.2, 0.25) is 0 Å². The minimum Gasteiger partial charge on any atom is -0.496 e. The number of carbonyl (C=O) groups excluding carboxylic acids is 1. The Bertz CT molecular complexity index is 1100. The molecule has 0 saturated heterocycles. The molecule has 1 heterocycles. The fourth-order valence-corrected chi connectivity index (χ4v) is 4.19. The number of rotatable bonds is 5. The van der Waals surface area contributed by atoms with E-state index in [9.17, 15) is 10.1 Å². The van der Waals surface area contributed by atoms with Gasteiger partial charge in [-0.1, -0.05) is 23.8 Å². The van der Waals surface area contributed by atoms with E-state index in [4.69, 9.17) is 19.6 Å². The maximum absolute atomic E-state index is 12.8. The first kappa shape index (κ1) is 20.7. The first-order valence-electron chi connectivity index (χ1n) is 10.3. The average Bonchev–Trinajstić information content (AvgIpc) is 2.77. The molecule has 6 heteroatoms. The zero-order valence-corrected chi connectivity index (χ0v) is 17.6. The van der Waals surface area contributed by atoms with E-state index < -0.39 is 11.8 Å². The summed E-state index contributed by atoms with van der Waals surface area (Å²) in [6.45, 7) is 2.29. The van der Waals surface area contributed by atoms with Crippen molar-refractivity contribution in [2.75, 3.05) is 7.11 Å². The number of ether oxygens (including phenoxy) is 3. The summed E-state index contributed by atoms with van der Waals surface area (Å²) in [5.41, 5.74) is 3.27. The summed E-state index contributed by atoms with van der Waals surface area (Å²) in [5.74, 6) is 0.453. The standard InChI is InChI=1S/C25H24N2O4/c1-15-6-9-18(10-7-15)30-14-17-12-16(8-11-21(17)29-2)23-19(13-26)25(27)31-22-5-3-4-20(28)24(22)23/h6-12,19,23,27H,3-5,14H2,1-2H3. The molecule has 6 nitrogen and oxygen atoms in total. The predicted octanol–water partition coefficient (Wildman–Crippen LogP) is 4.82. The van der Waals surface area contributed by atoms with Crippen LogP contribution in [0, 0.1) is 29.6 Å². The SMILES string of the molecule is COc1ccc(C2C3=C(CCCC3=O)OC(=N)C2C#N)cc1COc1ccc(C)cc1. The third kappa shape index (κ3) is 4.04. The molecule has 1 N–H and O–H groups in total. The Morgan fingerprint density at radius 2 is 1.97 bits per heavy atom. The van der Waals surface area contributed by atoms with Crippen molar-refractivity contribution in [1.29, 1.82) is 10.7 Å². The molecular formula is C25H24N2O4. The van der Waals surface area contributed by atoms with E-state index in [-0.39, 0.29) is 18.3 Å². The van der Waals surface area contributed by atoms with Crippen LogP contribution in [0.1, 0.15) is 41.9 Å². The zero-order chi connectivity index (χ0) is 22.0. The largest absolute Gasteiger partial charge is 0.496 e. The smallest absolute Gasteiger partial charge is 0.205 e. The third-order valence-electron chi connectivity index (χ3n) is 5.79. The number of allylic oxidation sites excluding steroid dienone is 2. The van der Waals surface area contributed by atoms with Crippen molar-refractivity contribution in [1.82, 2.24) is 0 Å². The molecule has 31 heavy (non-hydrogen) atoms. The van der Waals surface area contributed by atoms with Crippen LogP contribution in [0.5, 0.6) is 11.5 Å². The lowest BCUT2D eigenvalue weighted by atomic mass is 9.74. The highest BCUT2D eigenvalue weighted by atomic mass is 16.5. The molecule has 0 aromatic heterocycles. The van der Waals surface area contributed by atoms with E-state index in [1.165, 1.54) is 0 Å². The number of aryl methyl sites for hydroxylation is 1. The third-order valence-corrected chi connectivity index (χ3v) is 5.79. The van der Waals surface area contributed by atoms with Crippen LogP contribution in [0.25, 0.3) is 0 Å². The number of nitriles is 1. The maximum Gasteiger partial charge on any atom is 0.205 e. The number of nitrogens with zero attached hydrogens (tertiary/aromatic N) is 1. The molecule has 2 aromatic carbocycles. The van der Waals surface area contributed by atoms with Gasteiger partial charge >= 0.3 is 0 Å². The second-order valence-electron chi connectivity index (χ2n) is 7.84. The van der Waals surface area contributed by atoms with Crippen molar-refractivity contribution < 1.29 is 19.0 Å². The number of ketones is 1. The van der Waals surface area contributed by atoms with Crippen molar-refractivity contribution in [3.05, 3.63) is 70.5 Å². The first-order valence-corrected chi connectivity index (χ1v) is 10.3. The van der Waals surface area contributed by atoms with Crippen LogP contribution in [0.15, 0.2) is 53.8 Å². The van der Waals surface area contributed by atoms with Crippen LogP contribution >= 0.6 is 0 Å². The molecule has 0 radical (unpaired) electrons. The summed E-state index contributed by atoms with van der Waals surface area (Å²) in [7, 11) is 1.60. The number of methoxy groups -OCH3 is 1. The van der Waals surface area contributed by atoms with Gasteiger partial charge in [-0.15, -0.1) is 0 Å². The minimum absolute atomic E-state index is 0.00715. The summed E-state index contributed by atoms with van der Waals surface area (Å²) in [4.78, 5) is 12.8. The quantitative estimate of drug-likeness (QED) is 0.754. The fourth-order valence-electron chi connectivity index (χ4n) is 4.19. The van der Waals surface area contributed by atoms with Crippen LogP contribution in [-0.2, 0) is 16.1 Å². The number of hydrogen-bond acceptors (Lipinski definition) is 6. The Morgan fingerprint density at radius 1 is 1.19 bits per heavy atom. The lowest BCUT2D eigenvalue weighted by Gasteiger charge is -2.34. The van der Waals surface area contributed by atoms with Gasteiger partial charge in [0, 0.05) is 29.9 Å². The second kappa shape index (κ2) is 8.65. The van der Waals surface area contributed by atoms with E-state index in [0.717, 1.165) is 22.4 Å². The molecule has 1 aliphatic heterocycles. The number of hydrogen-bond donors (Lipinski definition) is 1.